The van der Waals surface area contributed by atoms with Crippen LogP contribution in [0.2, 0.25) is 0 Å². The van der Waals surface area contributed by atoms with Crippen molar-refractivity contribution in [2.24, 2.45) is 0 Å². The largest absolute Gasteiger partial charge is 0.465 e. The minimum absolute atomic E-state index is 0.148. The van der Waals surface area contributed by atoms with E-state index in [1.54, 1.807) is 0 Å². The number of ketones is 2. The fraction of sp³-hybridized carbons (Fsp3) is 0.0909. The summed E-state index contributed by atoms with van der Waals surface area (Å²) >= 11 is 0. The van der Waals surface area contributed by atoms with Crippen LogP contribution in [0.25, 0.3) is 0 Å². The van der Waals surface area contributed by atoms with E-state index in [2.05, 4.69) is 204 Å². The molecule has 330 valence electrons. The van der Waals surface area contributed by atoms with E-state index in [1.807, 2.05) is 0 Å². The molecule has 0 heterocycles. The van der Waals surface area contributed by atoms with Crippen LogP contribution in [0.1, 0.15) is 31.8 Å². The van der Waals surface area contributed by atoms with Gasteiger partial charge in [0.05, 0.1) is 23.5 Å². The van der Waals surface area contributed by atoms with Gasteiger partial charge in [0.1, 0.15) is 6.61 Å². The second kappa shape index (κ2) is 29.6. The number of esters is 2. The van der Waals surface area contributed by atoms with Gasteiger partial charge in [-0.1, -0.05) is 5.73 Å². The Morgan fingerprint density at radius 1 is 0.500 bits per heavy atom. The van der Waals surface area contributed by atoms with Gasteiger partial charge in [-0.3, -0.25) is 9.59 Å². The molecular formula is C55H22N2O11S2. The first-order valence-corrected chi connectivity index (χ1v) is 21.7. The number of carbonyl (C=O) groups is 4. The summed E-state index contributed by atoms with van der Waals surface area (Å²) in [6.07, 6.45) is 0. The number of nitrogens with one attached hydrogen (secondary N) is 2. The van der Waals surface area contributed by atoms with Gasteiger partial charge >= 0.3 is 11.9 Å². The van der Waals surface area contributed by atoms with Crippen molar-refractivity contribution in [3.63, 3.8) is 0 Å². The number of carbonyl (C=O) groups excluding carboxylic acids is 4. The Morgan fingerprint density at radius 3 is 1.16 bits per heavy atom. The Balaban J connectivity index is 1.72. The quantitative estimate of drug-likeness (QED) is 0.0621. The smallest absolute Gasteiger partial charge is 0.354 e. The molecule has 15 heteroatoms. The van der Waals surface area contributed by atoms with Crippen molar-refractivity contribution < 1.29 is 50.6 Å². The molecule has 0 aliphatic heterocycles. The topological polar surface area (TPSA) is 199 Å². The van der Waals surface area contributed by atoms with Gasteiger partial charge in [0.15, 0.2) is 17.1 Å². The third-order valence-electron chi connectivity index (χ3n) is 7.29. The number of hydrogen-bond acceptors (Lipinski definition) is 11. The van der Waals surface area contributed by atoms with Gasteiger partial charge in [0.2, 0.25) is 20.0 Å². The van der Waals surface area contributed by atoms with E-state index < -0.39 is 73.8 Å². The normalized spacial score (nSPS) is 8.83. The molecule has 0 unspecified atom stereocenters. The predicted octanol–water partition coefficient (Wildman–Crippen LogP) is 4.25. The van der Waals surface area contributed by atoms with E-state index >= 15 is 0 Å². The Bertz CT molecular complexity index is 4210. The number of methoxy groups -OCH3 is 1. The molecular weight excluding hydrogens is 929 g/mol. The van der Waals surface area contributed by atoms with Crippen molar-refractivity contribution in [3.8, 4) is 0 Å². The zero-order valence-corrected chi connectivity index (χ0v) is 37.5. The summed E-state index contributed by atoms with van der Waals surface area (Å²) < 4.78 is 65.0. The maximum Gasteiger partial charge on any atom is 0.354 e. The van der Waals surface area contributed by atoms with Crippen molar-refractivity contribution in [2.45, 2.75) is 9.79 Å². The van der Waals surface area contributed by atoms with Gasteiger partial charge in [0, 0.05) is 116 Å². The van der Waals surface area contributed by atoms with Gasteiger partial charge in [-0.2, -0.15) is 0 Å². The predicted molar refractivity (Wildman–Crippen MR) is 242 cm³/mol. The second-order valence-corrected chi connectivity index (χ2v) is 15.2. The fourth-order valence-electron chi connectivity index (χ4n) is 4.48. The summed E-state index contributed by atoms with van der Waals surface area (Å²) in [5.74, 6) is -3.85. The minimum atomic E-state index is -4.35. The molecule has 3 rings (SSSR count). The lowest BCUT2D eigenvalue weighted by molar-refractivity contribution is -0.145. The second-order valence-electron chi connectivity index (χ2n) is 11.6. The number of rotatable bonds is 11. The number of aliphatic hydroxyl groups excluding tert-OH is 1. The van der Waals surface area contributed by atoms with Gasteiger partial charge in [-0.05, 0) is 140 Å². The summed E-state index contributed by atoms with van der Waals surface area (Å²) in [5, 5.41) is 8.95. The van der Waals surface area contributed by atoms with Crippen LogP contribution in [0.5, 0.6) is 0 Å². The number of ether oxygens (including phenoxy) is 2. The van der Waals surface area contributed by atoms with Gasteiger partial charge in [0.25, 0.3) is 0 Å². The molecule has 13 nitrogen and oxygen atoms in total. The molecule has 0 saturated carbocycles. The van der Waals surface area contributed by atoms with Crippen molar-refractivity contribution in [2.75, 3.05) is 33.4 Å². The molecule has 0 amide bonds. The van der Waals surface area contributed by atoms with E-state index in [0.717, 1.165) is 43.5 Å². The average molecular weight is 951 g/mol. The van der Waals surface area contributed by atoms with Crippen molar-refractivity contribution >= 4 is 43.6 Å². The average Bonchev–Trinajstić information content (AvgIpc) is 3.36. The summed E-state index contributed by atoms with van der Waals surface area (Å²) in [4.78, 5) is 50.6. The first kappa shape index (κ1) is 53.5. The highest BCUT2D eigenvalue weighted by molar-refractivity contribution is 7.89. The fourth-order valence-corrected chi connectivity index (χ4v) is 6.57. The summed E-state index contributed by atoms with van der Waals surface area (Å²) in [5.41, 5.74) is 76.1. The Hall–Kier alpha value is -10.8. The van der Waals surface area contributed by atoms with E-state index in [0.29, 0.717) is 0 Å². The number of fused-ring (bicyclic) bond motifs is 2. The lowest BCUT2D eigenvalue weighted by Gasteiger charge is -2.19. The summed E-state index contributed by atoms with van der Waals surface area (Å²) in [6, 6.07) is 6.40. The number of benzene rings is 2. The highest BCUT2D eigenvalue weighted by atomic mass is 32.2. The van der Waals surface area contributed by atoms with Crippen molar-refractivity contribution in [1.29, 1.82) is 0 Å². The zero-order chi connectivity index (χ0) is 50.9. The maximum absolute atomic E-state index is 13.3. The van der Waals surface area contributed by atoms with Crippen molar-refractivity contribution in [3.05, 3.63) is 254 Å². The van der Waals surface area contributed by atoms with Gasteiger partial charge < -0.3 is 14.6 Å². The standard InChI is InChI=1S/C55H22N2O11S2/c1-3-4-5-6-7-8-9-10-11-12-13-14-15-16-17-18-19-20-21-22-23-24-25-26-27-28-29-30-31-32-33-34-49(54(61)67-2)55(62)68-42-40-57-70(65,66)46-36-38-48-51(44-46)53(60)47-37-35-45(43-50(47)52(48)59)69(63,64)56-39-41-58/h35-38,43-44,56-58H,1,39-42H2,2H3. The molecule has 0 fully saturated rings. The summed E-state index contributed by atoms with van der Waals surface area (Å²) in [7, 11) is -7.47. The molecule has 1 aliphatic rings. The maximum atomic E-state index is 13.3. The third-order valence-corrected chi connectivity index (χ3v) is 10.2. The zero-order valence-electron chi connectivity index (χ0n) is 35.8. The lowest BCUT2D eigenvalue weighted by atomic mass is 9.84. The van der Waals surface area contributed by atoms with Crippen LogP contribution in [0.3, 0.4) is 0 Å². The Kier molecular flexibility index (Phi) is 22.6. The molecule has 0 atom stereocenters. The Labute approximate surface area is 399 Å². The molecule has 0 radical (unpaired) electrons. The molecule has 0 spiro atoms. The van der Waals surface area contributed by atoms with E-state index in [4.69, 9.17) is 9.84 Å². The molecule has 2 aromatic rings. The van der Waals surface area contributed by atoms with E-state index in [1.165, 1.54) is 0 Å². The molecule has 3 N–H and O–H groups in total. The van der Waals surface area contributed by atoms with Gasteiger partial charge in [-0.25, -0.2) is 35.9 Å². The minimum Gasteiger partial charge on any atom is -0.465 e. The monoisotopic (exact) mass is 950 g/mol. The molecule has 2 aromatic carbocycles. The van der Waals surface area contributed by atoms with E-state index in [-0.39, 0.29) is 33.7 Å². The van der Waals surface area contributed by atoms with Crippen LogP contribution in [-0.2, 0) is 39.1 Å². The molecule has 1 aliphatic carbocycles. The van der Waals surface area contributed by atoms with Crippen LogP contribution in [-0.4, -0.2) is 78.9 Å². The van der Waals surface area contributed by atoms with Crippen molar-refractivity contribution in [1.82, 2.24) is 9.44 Å². The number of aliphatic hydroxyl groups is 1. The lowest BCUT2D eigenvalue weighted by Crippen LogP contribution is -2.30. The SMILES string of the molecule is C=C=C=C=C=C=C=C=C=C=C=C=C=C=C=C=C=C=C=C=C=C=C=C=C=C=C=C=C=C=C=C=C=C(C(=O)OC)C(=O)OCCNS(=O)(=O)c1ccc2c(c1)C(=O)c1ccc(S(=O)(=O)NCCO)cc1C2=O. The van der Waals surface area contributed by atoms with Crippen LogP contribution in [0.15, 0.2) is 242 Å². The highest BCUT2D eigenvalue weighted by Crippen LogP contribution is 2.30. The van der Waals surface area contributed by atoms with Crippen LogP contribution >= 0.6 is 0 Å². The van der Waals surface area contributed by atoms with Crippen LogP contribution < -0.4 is 9.44 Å². The third kappa shape index (κ3) is 18.4. The highest BCUT2D eigenvalue weighted by Gasteiger charge is 2.32. The molecule has 0 aromatic heterocycles. The molecule has 70 heavy (non-hydrogen) atoms. The Morgan fingerprint density at radius 2 is 0.829 bits per heavy atom. The van der Waals surface area contributed by atoms with Crippen LogP contribution in [0, 0.1) is 0 Å². The number of sulfonamides is 2. The molecule has 0 bridgehead atoms. The first-order chi connectivity index (χ1) is 33.9. The summed E-state index contributed by atoms with van der Waals surface area (Å²) in [6.45, 7) is 1.49. The first-order valence-electron chi connectivity index (χ1n) is 18.8. The van der Waals surface area contributed by atoms with Gasteiger partial charge in [-0.15, -0.1) is 0 Å². The number of hydrogen-bond donors (Lipinski definition) is 3. The van der Waals surface area contributed by atoms with Crippen LogP contribution in [0.4, 0.5) is 0 Å². The molecule has 0 saturated heterocycles. The van der Waals surface area contributed by atoms with E-state index in [9.17, 15) is 36.0 Å².